The molecule has 0 fully saturated rings. The second kappa shape index (κ2) is 9.23. The van der Waals surface area contributed by atoms with Crippen molar-refractivity contribution in [2.24, 2.45) is 0 Å². The summed E-state index contributed by atoms with van der Waals surface area (Å²) >= 11 is 0. The van der Waals surface area contributed by atoms with Gasteiger partial charge >= 0.3 is 5.91 Å². The maximum absolute atomic E-state index is 12.0. The van der Waals surface area contributed by atoms with Gasteiger partial charge in [0.05, 0.1) is 20.4 Å². The van der Waals surface area contributed by atoms with Gasteiger partial charge in [0.1, 0.15) is 5.75 Å². The van der Waals surface area contributed by atoms with Crippen molar-refractivity contribution in [2.75, 3.05) is 32.6 Å². The number of furan rings is 1. The average Bonchev–Trinajstić information content (AvgIpc) is 3.14. The number of ether oxygens (including phenoxy) is 1. The largest absolute Gasteiger partial charge is 0.497 e. The van der Waals surface area contributed by atoms with E-state index in [1.807, 2.05) is 0 Å². The van der Waals surface area contributed by atoms with E-state index in [2.05, 4.69) is 16.2 Å². The Morgan fingerprint density at radius 3 is 2.54 bits per heavy atom. The number of hydrazine groups is 1. The zero-order valence-corrected chi connectivity index (χ0v) is 14.5. The van der Waals surface area contributed by atoms with Crippen LogP contribution in [0.2, 0.25) is 0 Å². The minimum atomic E-state index is -0.559. The highest BCUT2D eigenvalue weighted by molar-refractivity contribution is 5.93. The molecule has 1 unspecified atom stereocenters. The second-order valence-electron chi connectivity index (χ2n) is 5.57. The second-order valence-corrected chi connectivity index (χ2v) is 5.57. The first-order valence-electron chi connectivity index (χ1n) is 7.86. The molecule has 4 N–H and O–H groups in total. The summed E-state index contributed by atoms with van der Waals surface area (Å²) in [7, 11) is 3.24. The molecule has 9 heteroatoms. The van der Waals surface area contributed by atoms with E-state index in [9.17, 15) is 14.4 Å². The van der Waals surface area contributed by atoms with Gasteiger partial charge in [0, 0.05) is 11.8 Å². The van der Waals surface area contributed by atoms with Crippen LogP contribution in [0.25, 0.3) is 0 Å². The van der Waals surface area contributed by atoms with Crippen molar-refractivity contribution in [1.29, 1.82) is 0 Å². The highest BCUT2D eigenvalue weighted by Crippen LogP contribution is 2.16. The fourth-order valence-corrected chi connectivity index (χ4v) is 2.16. The monoisotopic (exact) mass is 361 g/mol. The number of carbonyl (C=O) groups excluding carboxylic acids is 3. The molecule has 138 valence electrons. The molecule has 0 bridgehead atoms. The van der Waals surface area contributed by atoms with Gasteiger partial charge in [-0.2, -0.15) is 0 Å². The number of hydrogen-bond donors (Lipinski definition) is 4. The van der Waals surface area contributed by atoms with Crippen molar-refractivity contribution in [1.82, 2.24) is 10.9 Å². The standard InChI is InChI=1S/C17H20N4O5/c1-21(10-15(22)18-12-5-3-6-13(9-12)25-2)11-16(23)19-20-17(24)14-7-4-8-26-14/h3-9H,10-11H2,1-2H3,(H,18,22)(H,19,23)(H,20,24)/p+1. The molecule has 0 spiro atoms. The first-order valence-corrected chi connectivity index (χ1v) is 7.86. The van der Waals surface area contributed by atoms with Crippen molar-refractivity contribution in [2.45, 2.75) is 0 Å². The number of anilines is 1. The van der Waals surface area contributed by atoms with Crippen LogP contribution in [0, 0.1) is 0 Å². The van der Waals surface area contributed by atoms with Gasteiger partial charge < -0.3 is 19.4 Å². The Bertz CT molecular complexity index is 760. The summed E-state index contributed by atoms with van der Waals surface area (Å²) in [6, 6.07) is 10.0. The molecule has 0 aliphatic heterocycles. The van der Waals surface area contributed by atoms with Gasteiger partial charge in [0.15, 0.2) is 18.8 Å². The Morgan fingerprint density at radius 2 is 1.85 bits per heavy atom. The van der Waals surface area contributed by atoms with Crippen molar-refractivity contribution in [3.8, 4) is 5.75 Å². The lowest BCUT2D eigenvalue weighted by Gasteiger charge is -2.14. The summed E-state index contributed by atoms with van der Waals surface area (Å²) in [4.78, 5) is 36.1. The molecule has 3 amide bonds. The van der Waals surface area contributed by atoms with Crippen LogP contribution in [-0.2, 0) is 9.59 Å². The van der Waals surface area contributed by atoms with Crippen molar-refractivity contribution in [3.05, 3.63) is 48.4 Å². The Hall–Kier alpha value is -3.33. The molecule has 0 aliphatic carbocycles. The molecule has 2 rings (SSSR count). The van der Waals surface area contributed by atoms with Gasteiger partial charge in [0.25, 0.3) is 11.8 Å². The van der Waals surface area contributed by atoms with Crippen molar-refractivity contribution in [3.63, 3.8) is 0 Å². The molecule has 9 nitrogen and oxygen atoms in total. The van der Waals surface area contributed by atoms with E-state index >= 15 is 0 Å². The maximum Gasteiger partial charge on any atom is 0.305 e. The lowest BCUT2D eigenvalue weighted by molar-refractivity contribution is -0.862. The third-order valence-electron chi connectivity index (χ3n) is 3.34. The van der Waals surface area contributed by atoms with E-state index in [4.69, 9.17) is 9.15 Å². The van der Waals surface area contributed by atoms with Gasteiger partial charge in [-0.05, 0) is 24.3 Å². The Labute approximate surface area is 150 Å². The number of benzene rings is 1. The molecule has 26 heavy (non-hydrogen) atoms. The summed E-state index contributed by atoms with van der Waals surface area (Å²) in [5.41, 5.74) is 5.12. The lowest BCUT2D eigenvalue weighted by atomic mass is 10.3. The van der Waals surface area contributed by atoms with Gasteiger partial charge in [-0.25, -0.2) is 0 Å². The van der Waals surface area contributed by atoms with Crippen LogP contribution in [0.1, 0.15) is 10.6 Å². The van der Waals surface area contributed by atoms with Crippen molar-refractivity contribution < 1.29 is 28.4 Å². The highest BCUT2D eigenvalue weighted by Gasteiger charge is 2.16. The van der Waals surface area contributed by atoms with E-state index in [0.29, 0.717) is 16.3 Å². The van der Waals surface area contributed by atoms with E-state index in [-0.39, 0.29) is 24.8 Å². The Morgan fingerprint density at radius 1 is 1.08 bits per heavy atom. The summed E-state index contributed by atoms with van der Waals surface area (Å²) in [5, 5.41) is 2.74. The normalized spacial score (nSPS) is 11.3. The maximum atomic E-state index is 12.0. The number of amides is 3. The Balaban J connectivity index is 1.72. The summed E-state index contributed by atoms with van der Waals surface area (Å²) in [6.45, 7) is 0.0841. The first-order chi connectivity index (χ1) is 12.5. The van der Waals surface area contributed by atoms with Crippen LogP contribution in [0.5, 0.6) is 5.75 Å². The summed E-state index contributed by atoms with van der Waals surface area (Å²) < 4.78 is 10.00. The molecule has 2 aromatic rings. The highest BCUT2D eigenvalue weighted by atomic mass is 16.5. The van der Waals surface area contributed by atoms with Gasteiger partial charge in [0.2, 0.25) is 0 Å². The number of quaternary nitrogens is 1. The number of methoxy groups -OCH3 is 1. The predicted octanol–water partition coefficient (Wildman–Crippen LogP) is -0.797. The summed E-state index contributed by atoms with van der Waals surface area (Å²) in [6.07, 6.45) is 1.36. The minimum absolute atomic E-state index is 0.00393. The summed E-state index contributed by atoms with van der Waals surface area (Å²) in [5.74, 6) is -0.518. The third kappa shape index (κ3) is 5.95. The average molecular weight is 361 g/mol. The number of likely N-dealkylation sites (N-methyl/N-ethyl adjacent to an activating group) is 1. The molecule has 0 aliphatic rings. The van der Waals surface area contributed by atoms with Crippen molar-refractivity contribution >= 4 is 23.4 Å². The van der Waals surface area contributed by atoms with Crippen LogP contribution >= 0.6 is 0 Å². The van der Waals surface area contributed by atoms with Crippen LogP contribution in [0.4, 0.5) is 5.69 Å². The topological polar surface area (TPSA) is 114 Å². The molecule has 1 heterocycles. The number of nitrogens with one attached hydrogen (secondary N) is 4. The van der Waals surface area contributed by atoms with Gasteiger partial charge in [-0.15, -0.1) is 0 Å². The van der Waals surface area contributed by atoms with E-state index < -0.39 is 11.8 Å². The molecular weight excluding hydrogens is 340 g/mol. The quantitative estimate of drug-likeness (QED) is 0.482. The van der Waals surface area contributed by atoms with Gasteiger partial charge in [-0.1, -0.05) is 6.07 Å². The minimum Gasteiger partial charge on any atom is -0.497 e. The Kier molecular flexibility index (Phi) is 6.75. The lowest BCUT2D eigenvalue weighted by Crippen LogP contribution is -3.11. The van der Waals surface area contributed by atoms with E-state index in [1.54, 1.807) is 44.5 Å². The molecular formula is C17H21N4O5+. The van der Waals surface area contributed by atoms with E-state index in [0.717, 1.165) is 0 Å². The molecule has 0 radical (unpaired) electrons. The van der Waals surface area contributed by atoms with Crippen LogP contribution in [0.3, 0.4) is 0 Å². The fraction of sp³-hybridized carbons (Fsp3) is 0.235. The SMILES string of the molecule is COc1cccc(NC(=O)C[NH+](C)CC(=O)NNC(=O)c2ccco2)c1. The van der Waals surface area contributed by atoms with Gasteiger partial charge in [-0.3, -0.25) is 25.2 Å². The molecule has 0 saturated heterocycles. The molecule has 1 aromatic heterocycles. The van der Waals surface area contributed by atoms with Crippen LogP contribution < -0.4 is 25.8 Å². The molecule has 0 saturated carbocycles. The molecule has 1 aromatic carbocycles. The fourth-order valence-electron chi connectivity index (χ4n) is 2.16. The molecule has 1 atom stereocenters. The zero-order chi connectivity index (χ0) is 18.9. The van der Waals surface area contributed by atoms with Crippen LogP contribution in [-0.4, -0.2) is 45.0 Å². The number of carbonyl (C=O) groups is 3. The first kappa shape index (κ1) is 19.0. The third-order valence-corrected chi connectivity index (χ3v) is 3.34. The predicted molar refractivity (Wildman–Crippen MR) is 92.6 cm³/mol. The number of hydrogen-bond acceptors (Lipinski definition) is 5. The number of rotatable bonds is 7. The van der Waals surface area contributed by atoms with Crippen LogP contribution in [0.15, 0.2) is 47.1 Å². The smallest absolute Gasteiger partial charge is 0.305 e. The zero-order valence-electron chi connectivity index (χ0n) is 14.5. The van der Waals surface area contributed by atoms with E-state index in [1.165, 1.54) is 12.3 Å².